The molecule has 1 aliphatic carbocycles. The van der Waals surface area contributed by atoms with E-state index in [9.17, 15) is 4.39 Å². The van der Waals surface area contributed by atoms with E-state index in [-0.39, 0.29) is 24.0 Å². The molecule has 2 bridgehead atoms. The van der Waals surface area contributed by atoms with Gasteiger partial charge in [0.1, 0.15) is 23.5 Å². The number of nitrogens with one attached hydrogen (secondary N) is 2. The largest absolute Gasteiger partial charge is 0.488 e. The molecule has 1 fully saturated rings. The van der Waals surface area contributed by atoms with Crippen molar-refractivity contribution in [3.63, 3.8) is 0 Å². The second-order valence-corrected chi connectivity index (χ2v) is 7.50. The first kappa shape index (κ1) is 17.0. The molecule has 5 rings (SSSR count). The average Bonchev–Trinajstić information content (AvgIpc) is 3.29. The molecule has 2 aromatic heterocycles. The summed E-state index contributed by atoms with van der Waals surface area (Å²) >= 11 is 0. The zero-order chi connectivity index (χ0) is 19.3. The van der Waals surface area contributed by atoms with Crippen LogP contribution in [0.15, 0.2) is 43.2 Å². The summed E-state index contributed by atoms with van der Waals surface area (Å²) in [6.07, 6.45) is 6.63. The van der Waals surface area contributed by atoms with Gasteiger partial charge in [-0.25, -0.2) is 13.9 Å². The van der Waals surface area contributed by atoms with Crippen LogP contribution in [-0.4, -0.2) is 26.7 Å². The minimum atomic E-state index is -0.281. The first-order chi connectivity index (χ1) is 13.6. The normalized spacial score (nSPS) is 24.2. The molecule has 0 spiro atoms. The van der Waals surface area contributed by atoms with E-state index < -0.39 is 0 Å². The third-order valence-electron chi connectivity index (χ3n) is 5.59. The summed E-state index contributed by atoms with van der Waals surface area (Å²) < 4.78 is 22.1. The molecule has 7 heteroatoms. The number of halogens is 1. The quantitative estimate of drug-likeness (QED) is 0.620. The molecule has 3 aromatic rings. The Bertz CT molecular complexity index is 1060. The maximum atomic E-state index is 14.0. The lowest BCUT2D eigenvalue weighted by atomic mass is 10.1. The van der Waals surface area contributed by atoms with Crippen molar-refractivity contribution >= 4 is 17.2 Å². The fourth-order valence-corrected chi connectivity index (χ4v) is 4.12. The average molecular weight is 379 g/mol. The van der Waals surface area contributed by atoms with Crippen molar-refractivity contribution in [2.24, 2.45) is 0 Å². The zero-order valence-corrected chi connectivity index (χ0v) is 15.7. The number of aromatic nitrogens is 3. The van der Waals surface area contributed by atoms with Crippen LogP contribution in [0.1, 0.15) is 43.4 Å². The topological polar surface area (TPSA) is 63.5 Å². The van der Waals surface area contributed by atoms with Gasteiger partial charge in [-0.05, 0) is 50.5 Å². The van der Waals surface area contributed by atoms with Crippen molar-refractivity contribution in [1.29, 1.82) is 0 Å². The molecular formula is C21H22FN5O. The van der Waals surface area contributed by atoms with Gasteiger partial charge in [-0.1, -0.05) is 6.58 Å². The molecule has 6 nitrogen and oxygen atoms in total. The number of fused-ring (bicyclic) bond motifs is 3. The van der Waals surface area contributed by atoms with Crippen LogP contribution in [0.2, 0.25) is 0 Å². The minimum Gasteiger partial charge on any atom is -0.488 e. The molecule has 28 heavy (non-hydrogen) atoms. The van der Waals surface area contributed by atoms with Gasteiger partial charge in [0.2, 0.25) is 0 Å². The Morgan fingerprint density at radius 3 is 3.04 bits per heavy atom. The lowest BCUT2D eigenvalue weighted by molar-refractivity contribution is 0.180. The van der Waals surface area contributed by atoms with Crippen LogP contribution in [-0.2, 0) is 0 Å². The molecule has 1 aliphatic heterocycles. The van der Waals surface area contributed by atoms with Crippen LogP contribution in [0.25, 0.3) is 11.3 Å². The van der Waals surface area contributed by atoms with E-state index in [4.69, 9.17) is 9.72 Å². The molecule has 144 valence electrons. The van der Waals surface area contributed by atoms with Crippen LogP contribution in [0.3, 0.4) is 0 Å². The Balaban J connectivity index is 1.64. The molecule has 3 atom stereocenters. The second kappa shape index (κ2) is 6.51. The summed E-state index contributed by atoms with van der Waals surface area (Å²) in [7, 11) is 0. The van der Waals surface area contributed by atoms with Gasteiger partial charge in [0.05, 0.1) is 23.8 Å². The SMILES string of the molecule is C=C1N[C@@H]2CCC[C@H]2Oc2ccc(F)cc2[C@@H](C)Nc2ccn3ncc1c3n2. The highest BCUT2D eigenvalue weighted by Gasteiger charge is 2.31. The molecule has 1 aromatic carbocycles. The summed E-state index contributed by atoms with van der Waals surface area (Å²) in [6.45, 7) is 6.20. The third kappa shape index (κ3) is 2.87. The summed E-state index contributed by atoms with van der Waals surface area (Å²) in [5.41, 5.74) is 3.15. The van der Waals surface area contributed by atoms with Crippen LogP contribution in [0, 0.1) is 5.82 Å². The van der Waals surface area contributed by atoms with Crippen LogP contribution >= 0.6 is 0 Å². The highest BCUT2D eigenvalue weighted by Crippen LogP contribution is 2.33. The Morgan fingerprint density at radius 1 is 1.25 bits per heavy atom. The number of nitrogens with zero attached hydrogens (tertiary/aromatic N) is 3. The summed E-state index contributed by atoms with van der Waals surface area (Å²) in [6, 6.07) is 6.51. The standard InChI is InChI=1S/C21H22FN5O/c1-12-15-10-14(22)6-7-18(15)28-19-5-3-4-17(19)24-13(2)16-11-23-27-9-8-20(25-12)26-21(16)27/h6-12,17,19,24H,2-5H2,1H3,(H,25,26)/t12-,17-,19-/m1/s1. The highest BCUT2D eigenvalue weighted by atomic mass is 19.1. The summed E-state index contributed by atoms with van der Waals surface area (Å²) in [5, 5.41) is 11.3. The lowest BCUT2D eigenvalue weighted by Crippen LogP contribution is -2.38. The predicted octanol–water partition coefficient (Wildman–Crippen LogP) is 3.92. The number of anilines is 1. The molecule has 2 N–H and O–H groups in total. The van der Waals surface area contributed by atoms with Crippen LogP contribution < -0.4 is 15.4 Å². The molecule has 0 unspecified atom stereocenters. The fraction of sp³-hybridized carbons (Fsp3) is 0.333. The molecule has 0 amide bonds. The zero-order valence-electron chi connectivity index (χ0n) is 15.7. The van der Waals surface area contributed by atoms with Crippen molar-refractivity contribution in [3.05, 3.63) is 60.2 Å². The smallest absolute Gasteiger partial charge is 0.166 e. The molecular weight excluding hydrogens is 357 g/mol. The van der Waals surface area contributed by atoms with E-state index in [1.54, 1.807) is 16.8 Å². The van der Waals surface area contributed by atoms with Gasteiger partial charge < -0.3 is 15.4 Å². The van der Waals surface area contributed by atoms with Crippen LogP contribution in [0.5, 0.6) is 5.75 Å². The number of hydrogen-bond acceptors (Lipinski definition) is 5. The van der Waals surface area contributed by atoms with Gasteiger partial charge >= 0.3 is 0 Å². The van der Waals surface area contributed by atoms with Gasteiger partial charge in [0, 0.05) is 17.5 Å². The van der Waals surface area contributed by atoms with E-state index in [1.807, 2.05) is 19.2 Å². The molecule has 3 heterocycles. The summed E-state index contributed by atoms with van der Waals surface area (Å²) in [5.74, 6) is 1.11. The van der Waals surface area contributed by atoms with Crippen molar-refractivity contribution in [3.8, 4) is 5.75 Å². The molecule has 0 radical (unpaired) electrons. The molecule has 2 aliphatic rings. The van der Waals surface area contributed by atoms with Gasteiger partial charge in [-0.15, -0.1) is 0 Å². The lowest BCUT2D eigenvalue weighted by Gasteiger charge is -2.26. The first-order valence-electron chi connectivity index (χ1n) is 9.61. The number of ether oxygens (including phenoxy) is 1. The maximum Gasteiger partial charge on any atom is 0.166 e. The predicted molar refractivity (Wildman–Crippen MR) is 106 cm³/mol. The first-order valence-corrected chi connectivity index (χ1v) is 9.61. The summed E-state index contributed by atoms with van der Waals surface area (Å²) in [4.78, 5) is 4.72. The van der Waals surface area contributed by atoms with E-state index in [0.29, 0.717) is 11.6 Å². The minimum absolute atomic E-state index is 0.00366. The number of hydrogen-bond donors (Lipinski definition) is 2. The van der Waals surface area contributed by atoms with Gasteiger partial charge in [-0.3, -0.25) is 0 Å². The fourth-order valence-electron chi connectivity index (χ4n) is 4.12. The van der Waals surface area contributed by atoms with Crippen molar-refractivity contribution in [2.75, 3.05) is 5.32 Å². The van der Waals surface area contributed by atoms with Crippen molar-refractivity contribution in [2.45, 2.75) is 44.4 Å². The Hall–Kier alpha value is -3.09. The maximum absolute atomic E-state index is 14.0. The van der Waals surface area contributed by atoms with E-state index in [1.165, 1.54) is 12.1 Å². The van der Waals surface area contributed by atoms with Crippen molar-refractivity contribution in [1.82, 2.24) is 19.9 Å². The second-order valence-electron chi connectivity index (χ2n) is 7.50. The number of rotatable bonds is 0. The Labute approximate surface area is 162 Å². The van der Waals surface area contributed by atoms with E-state index >= 15 is 0 Å². The monoisotopic (exact) mass is 379 g/mol. The van der Waals surface area contributed by atoms with Crippen LogP contribution in [0.4, 0.5) is 10.2 Å². The van der Waals surface area contributed by atoms with Crippen molar-refractivity contribution < 1.29 is 9.13 Å². The molecule has 1 saturated carbocycles. The Morgan fingerprint density at radius 2 is 2.14 bits per heavy atom. The third-order valence-corrected chi connectivity index (χ3v) is 5.59. The highest BCUT2D eigenvalue weighted by molar-refractivity contribution is 5.74. The van der Waals surface area contributed by atoms with E-state index in [0.717, 1.165) is 41.7 Å². The van der Waals surface area contributed by atoms with E-state index in [2.05, 4.69) is 22.3 Å². The number of benzene rings is 1. The Kier molecular flexibility index (Phi) is 3.96. The van der Waals surface area contributed by atoms with Gasteiger partial charge in [-0.2, -0.15) is 5.10 Å². The molecule has 0 saturated heterocycles. The van der Waals surface area contributed by atoms with Gasteiger partial charge in [0.25, 0.3) is 0 Å². The van der Waals surface area contributed by atoms with Gasteiger partial charge in [0.15, 0.2) is 5.65 Å².